The molecule has 0 saturated carbocycles. The molecule has 0 aliphatic carbocycles. The third-order valence-electron chi connectivity index (χ3n) is 3.00. The second-order valence-corrected chi connectivity index (χ2v) is 5.55. The van der Waals surface area contributed by atoms with E-state index in [2.05, 4.69) is 53.8 Å². The molecule has 0 amide bonds. The molecule has 0 radical (unpaired) electrons. The van der Waals surface area contributed by atoms with Gasteiger partial charge in [-0.05, 0) is 48.6 Å². The Bertz CT molecular complexity index is 559. The number of hydrogen-bond acceptors (Lipinski definition) is 2. The van der Waals surface area contributed by atoms with E-state index in [9.17, 15) is 0 Å². The molecule has 0 atom stereocenters. The second-order valence-electron chi connectivity index (χ2n) is 4.52. The molecule has 1 aromatic carbocycles. The largest absolute Gasteiger partial charge is 0.370 e. The summed E-state index contributed by atoms with van der Waals surface area (Å²) < 4.78 is 0. The van der Waals surface area contributed by atoms with Crippen molar-refractivity contribution in [3.05, 3.63) is 51.7 Å². The number of rotatable bonds is 4. The highest BCUT2D eigenvalue weighted by atomic mass is 32.1. The minimum Gasteiger partial charge on any atom is -0.370 e. The van der Waals surface area contributed by atoms with Crippen LogP contribution in [0.4, 0.5) is 5.69 Å². The highest BCUT2D eigenvalue weighted by molar-refractivity contribution is 7.09. The van der Waals surface area contributed by atoms with Gasteiger partial charge in [0, 0.05) is 23.5 Å². The minimum absolute atomic E-state index is 0.472. The number of hydrogen-bond donors (Lipinski definition) is 2. The minimum atomic E-state index is 0.472. The monoisotopic (exact) mass is 273 g/mol. The maximum absolute atomic E-state index is 5.88. The summed E-state index contributed by atoms with van der Waals surface area (Å²) in [7, 11) is 0. The van der Waals surface area contributed by atoms with Crippen molar-refractivity contribution in [2.45, 2.75) is 20.3 Å². The Morgan fingerprint density at radius 1 is 1.26 bits per heavy atom. The Balaban J connectivity index is 1.89. The fourth-order valence-corrected chi connectivity index (χ4v) is 2.45. The number of benzene rings is 1. The molecule has 0 aliphatic heterocycles. The van der Waals surface area contributed by atoms with Gasteiger partial charge in [0.1, 0.15) is 0 Å². The van der Waals surface area contributed by atoms with E-state index in [0.717, 1.165) is 12.1 Å². The number of aliphatic imine (C=N–C) groups is 1. The van der Waals surface area contributed by atoms with Gasteiger partial charge in [0.05, 0.1) is 0 Å². The lowest BCUT2D eigenvalue weighted by Gasteiger charge is -2.07. The third-order valence-corrected chi connectivity index (χ3v) is 3.94. The van der Waals surface area contributed by atoms with Crippen LogP contribution in [0.25, 0.3) is 0 Å². The van der Waals surface area contributed by atoms with Gasteiger partial charge in [-0.2, -0.15) is 0 Å². The van der Waals surface area contributed by atoms with E-state index in [1.807, 2.05) is 6.07 Å². The average Bonchev–Trinajstić information content (AvgIpc) is 2.87. The normalized spacial score (nSPS) is 11.6. The number of guanidine groups is 1. The van der Waals surface area contributed by atoms with Gasteiger partial charge in [-0.3, -0.25) is 4.99 Å². The highest BCUT2D eigenvalue weighted by Gasteiger charge is 1.98. The first kappa shape index (κ1) is 13.6. The van der Waals surface area contributed by atoms with Crippen LogP contribution < -0.4 is 11.1 Å². The van der Waals surface area contributed by atoms with Crippen LogP contribution in [-0.2, 0) is 6.42 Å². The number of nitrogens with one attached hydrogen (secondary N) is 1. The topological polar surface area (TPSA) is 50.4 Å². The van der Waals surface area contributed by atoms with Crippen molar-refractivity contribution >= 4 is 23.0 Å². The van der Waals surface area contributed by atoms with Crippen LogP contribution in [-0.4, -0.2) is 12.5 Å². The Morgan fingerprint density at radius 2 is 2.11 bits per heavy atom. The lowest BCUT2D eigenvalue weighted by atomic mass is 10.1. The molecule has 3 N–H and O–H groups in total. The van der Waals surface area contributed by atoms with Gasteiger partial charge in [-0.1, -0.05) is 12.1 Å². The summed E-state index contributed by atoms with van der Waals surface area (Å²) in [4.78, 5) is 5.67. The van der Waals surface area contributed by atoms with Crippen LogP contribution >= 0.6 is 11.3 Å². The summed E-state index contributed by atoms with van der Waals surface area (Å²) in [5.74, 6) is 0.472. The first-order chi connectivity index (χ1) is 9.15. The first-order valence-corrected chi connectivity index (χ1v) is 7.19. The van der Waals surface area contributed by atoms with Crippen molar-refractivity contribution in [3.63, 3.8) is 0 Å². The zero-order chi connectivity index (χ0) is 13.7. The molecule has 0 saturated heterocycles. The molecule has 0 unspecified atom stereocenters. The molecule has 2 rings (SSSR count). The van der Waals surface area contributed by atoms with E-state index < -0.39 is 0 Å². The standard InChI is InChI=1S/C15H19N3S/c1-11-5-6-13(10-12(11)2)18-15(16)17-8-7-14-4-3-9-19-14/h3-6,9-10H,7-8H2,1-2H3,(H3,16,17,18). The van der Waals surface area contributed by atoms with E-state index in [1.54, 1.807) is 11.3 Å². The molecule has 2 aromatic rings. The van der Waals surface area contributed by atoms with Crippen LogP contribution in [0.2, 0.25) is 0 Å². The summed E-state index contributed by atoms with van der Waals surface area (Å²) >= 11 is 1.75. The molecule has 1 aromatic heterocycles. The first-order valence-electron chi connectivity index (χ1n) is 6.32. The second kappa shape index (κ2) is 6.38. The fourth-order valence-electron chi connectivity index (χ4n) is 1.75. The molecular formula is C15H19N3S. The van der Waals surface area contributed by atoms with Gasteiger partial charge < -0.3 is 11.1 Å². The Morgan fingerprint density at radius 3 is 2.79 bits per heavy atom. The molecule has 100 valence electrons. The number of thiophene rings is 1. The lowest BCUT2D eigenvalue weighted by Crippen LogP contribution is -2.23. The van der Waals surface area contributed by atoms with Gasteiger partial charge in [0.2, 0.25) is 0 Å². The van der Waals surface area contributed by atoms with Gasteiger partial charge in [0.15, 0.2) is 5.96 Å². The number of aryl methyl sites for hydroxylation is 2. The van der Waals surface area contributed by atoms with E-state index in [4.69, 9.17) is 5.73 Å². The maximum atomic E-state index is 5.88. The molecule has 0 aliphatic rings. The van der Waals surface area contributed by atoms with Crippen molar-refractivity contribution in [1.29, 1.82) is 0 Å². The van der Waals surface area contributed by atoms with Crippen molar-refractivity contribution in [1.82, 2.24) is 0 Å². The lowest BCUT2D eigenvalue weighted by molar-refractivity contribution is 0.983. The fraction of sp³-hybridized carbons (Fsp3) is 0.267. The van der Waals surface area contributed by atoms with Crippen molar-refractivity contribution in [3.8, 4) is 0 Å². The Labute approximate surface area is 118 Å². The summed E-state index contributed by atoms with van der Waals surface area (Å²) in [6.45, 7) is 4.90. The number of anilines is 1. The summed E-state index contributed by atoms with van der Waals surface area (Å²) in [6, 6.07) is 10.4. The SMILES string of the molecule is Cc1ccc(NC(N)=NCCc2cccs2)cc1C. The van der Waals surface area contributed by atoms with E-state index in [0.29, 0.717) is 12.5 Å². The zero-order valence-electron chi connectivity index (χ0n) is 11.3. The molecule has 4 heteroatoms. The average molecular weight is 273 g/mol. The van der Waals surface area contributed by atoms with Crippen molar-refractivity contribution in [2.24, 2.45) is 10.7 Å². The van der Waals surface area contributed by atoms with Gasteiger partial charge in [-0.15, -0.1) is 11.3 Å². The van der Waals surface area contributed by atoms with Gasteiger partial charge in [0.25, 0.3) is 0 Å². The summed E-state index contributed by atoms with van der Waals surface area (Å²) in [6.07, 6.45) is 0.937. The van der Waals surface area contributed by atoms with Crippen LogP contribution in [0, 0.1) is 13.8 Å². The zero-order valence-corrected chi connectivity index (χ0v) is 12.1. The van der Waals surface area contributed by atoms with Crippen LogP contribution in [0.5, 0.6) is 0 Å². The van der Waals surface area contributed by atoms with Gasteiger partial charge >= 0.3 is 0 Å². The molecule has 0 spiro atoms. The smallest absolute Gasteiger partial charge is 0.193 e. The van der Waals surface area contributed by atoms with Crippen LogP contribution in [0.15, 0.2) is 40.7 Å². The number of nitrogens with two attached hydrogens (primary N) is 1. The van der Waals surface area contributed by atoms with E-state index in [-0.39, 0.29) is 0 Å². The highest BCUT2D eigenvalue weighted by Crippen LogP contribution is 2.14. The molecule has 3 nitrogen and oxygen atoms in total. The van der Waals surface area contributed by atoms with Crippen molar-refractivity contribution < 1.29 is 0 Å². The van der Waals surface area contributed by atoms with Crippen molar-refractivity contribution in [2.75, 3.05) is 11.9 Å². The van der Waals surface area contributed by atoms with Crippen LogP contribution in [0.1, 0.15) is 16.0 Å². The predicted octanol–water partition coefficient (Wildman–Crippen LogP) is 3.33. The predicted molar refractivity (Wildman–Crippen MR) is 84.1 cm³/mol. The summed E-state index contributed by atoms with van der Waals surface area (Å²) in [5, 5.41) is 5.20. The molecule has 0 bridgehead atoms. The molecule has 19 heavy (non-hydrogen) atoms. The van der Waals surface area contributed by atoms with Gasteiger partial charge in [-0.25, -0.2) is 0 Å². The third kappa shape index (κ3) is 4.10. The number of nitrogens with zero attached hydrogens (tertiary/aromatic N) is 1. The Kier molecular flexibility index (Phi) is 4.58. The van der Waals surface area contributed by atoms with E-state index >= 15 is 0 Å². The molecule has 0 fully saturated rings. The molecular weight excluding hydrogens is 254 g/mol. The molecule has 1 heterocycles. The summed E-state index contributed by atoms with van der Waals surface area (Å²) in [5.41, 5.74) is 9.39. The van der Waals surface area contributed by atoms with Crippen LogP contribution in [0.3, 0.4) is 0 Å². The van der Waals surface area contributed by atoms with E-state index in [1.165, 1.54) is 16.0 Å². The maximum Gasteiger partial charge on any atom is 0.193 e. The Hall–Kier alpha value is -1.81. The quantitative estimate of drug-likeness (QED) is 0.663.